The Balaban J connectivity index is 0.00000243. The lowest BCUT2D eigenvalue weighted by atomic mass is 9.96. The molecule has 0 bridgehead atoms. The summed E-state index contributed by atoms with van der Waals surface area (Å²) in [4.78, 5) is 16.7. The molecule has 1 amide bonds. The number of carbonyl (C=O) groups is 1. The maximum Gasteiger partial charge on any atom is 0.433 e. The molecule has 2 aromatic heterocycles. The minimum absolute atomic E-state index is 0. The Kier molecular flexibility index (Phi) is 6.87. The largest absolute Gasteiger partial charge is 0.433 e. The van der Waals surface area contributed by atoms with Gasteiger partial charge in [-0.2, -0.15) is 13.2 Å². The third-order valence-electron chi connectivity index (χ3n) is 4.54. The van der Waals surface area contributed by atoms with Gasteiger partial charge in [0.25, 0.3) is 5.91 Å². The molecule has 3 heterocycles. The first-order valence-corrected chi connectivity index (χ1v) is 9.14. The molecule has 4 nitrogen and oxygen atoms in total. The Labute approximate surface area is 160 Å². The Morgan fingerprint density at radius 2 is 2.19 bits per heavy atom. The first kappa shape index (κ1) is 20.9. The van der Waals surface area contributed by atoms with Gasteiger partial charge in [0.1, 0.15) is 10.5 Å². The van der Waals surface area contributed by atoms with Crippen molar-refractivity contribution in [3.8, 4) is 0 Å². The number of amides is 1. The van der Waals surface area contributed by atoms with Crippen molar-refractivity contribution in [1.82, 2.24) is 15.6 Å². The van der Waals surface area contributed by atoms with Crippen LogP contribution >= 0.6 is 23.7 Å². The van der Waals surface area contributed by atoms with E-state index in [1.54, 1.807) is 6.92 Å². The van der Waals surface area contributed by atoms with Gasteiger partial charge in [0, 0.05) is 11.9 Å². The van der Waals surface area contributed by atoms with E-state index >= 15 is 0 Å². The number of piperidine rings is 1. The van der Waals surface area contributed by atoms with Crippen LogP contribution in [-0.4, -0.2) is 30.5 Å². The van der Waals surface area contributed by atoms with E-state index in [1.807, 2.05) is 0 Å². The van der Waals surface area contributed by atoms with Crippen molar-refractivity contribution in [1.29, 1.82) is 0 Å². The molecule has 0 aromatic carbocycles. The molecule has 0 saturated carbocycles. The quantitative estimate of drug-likeness (QED) is 0.800. The van der Waals surface area contributed by atoms with Crippen LogP contribution in [0.25, 0.3) is 10.2 Å². The lowest BCUT2D eigenvalue weighted by Gasteiger charge is -2.22. The number of pyridine rings is 1. The van der Waals surface area contributed by atoms with E-state index in [9.17, 15) is 18.0 Å². The smallest absolute Gasteiger partial charge is 0.351 e. The van der Waals surface area contributed by atoms with Crippen LogP contribution in [-0.2, 0) is 6.18 Å². The second-order valence-electron chi connectivity index (χ2n) is 6.36. The van der Waals surface area contributed by atoms with Crippen LogP contribution in [0.3, 0.4) is 0 Å². The van der Waals surface area contributed by atoms with E-state index in [1.165, 1.54) is 6.07 Å². The highest BCUT2D eigenvalue weighted by Gasteiger charge is 2.33. The summed E-state index contributed by atoms with van der Waals surface area (Å²) in [5.41, 5.74) is -0.254. The molecule has 1 fully saturated rings. The topological polar surface area (TPSA) is 54.0 Å². The number of carbonyl (C=O) groups excluding carboxylic acids is 1. The first-order chi connectivity index (χ1) is 11.9. The lowest BCUT2D eigenvalue weighted by molar-refractivity contribution is -0.140. The van der Waals surface area contributed by atoms with Gasteiger partial charge in [-0.1, -0.05) is 0 Å². The Morgan fingerprint density at radius 1 is 1.42 bits per heavy atom. The van der Waals surface area contributed by atoms with E-state index in [0.29, 0.717) is 28.3 Å². The van der Waals surface area contributed by atoms with Gasteiger partial charge in [0.15, 0.2) is 0 Å². The number of fused-ring (bicyclic) bond motifs is 1. The number of thiophene rings is 1. The zero-order chi connectivity index (χ0) is 18.0. The van der Waals surface area contributed by atoms with Gasteiger partial charge in [-0.15, -0.1) is 23.7 Å². The fourth-order valence-corrected chi connectivity index (χ4v) is 4.21. The van der Waals surface area contributed by atoms with Crippen molar-refractivity contribution in [3.63, 3.8) is 0 Å². The van der Waals surface area contributed by atoms with Crippen molar-refractivity contribution in [3.05, 3.63) is 28.3 Å². The number of aryl methyl sites for hydroxylation is 1. The van der Waals surface area contributed by atoms with E-state index in [2.05, 4.69) is 15.6 Å². The summed E-state index contributed by atoms with van der Waals surface area (Å²) in [5, 5.41) is 6.82. The molecule has 0 radical (unpaired) electrons. The van der Waals surface area contributed by atoms with Crippen LogP contribution in [0.15, 0.2) is 12.1 Å². The standard InChI is InChI=1S/C17H20F3N3OS.ClH/c1-10-12-4-5-13(17(18,19)20)23-16(12)25-14(10)15(24)22-8-6-11-3-2-7-21-9-11;/h4-5,11,21H,2-3,6-9H2,1H3,(H,22,24);1H. The second-order valence-corrected chi connectivity index (χ2v) is 7.36. The molecule has 1 saturated heterocycles. The van der Waals surface area contributed by atoms with Crippen molar-refractivity contribution in [2.75, 3.05) is 19.6 Å². The highest BCUT2D eigenvalue weighted by Crippen LogP contribution is 2.34. The monoisotopic (exact) mass is 407 g/mol. The molecule has 0 spiro atoms. The molecule has 26 heavy (non-hydrogen) atoms. The van der Waals surface area contributed by atoms with Gasteiger partial charge in [-0.3, -0.25) is 4.79 Å². The minimum atomic E-state index is -4.48. The summed E-state index contributed by atoms with van der Waals surface area (Å²) in [6, 6.07) is 2.35. The van der Waals surface area contributed by atoms with E-state index < -0.39 is 11.9 Å². The number of aromatic nitrogens is 1. The van der Waals surface area contributed by atoms with Crippen LogP contribution in [0.4, 0.5) is 13.2 Å². The summed E-state index contributed by atoms with van der Waals surface area (Å²) in [6.45, 7) is 4.34. The van der Waals surface area contributed by atoms with Crippen molar-refractivity contribution in [2.45, 2.75) is 32.4 Å². The van der Waals surface area contributed by atoms with E-state index in [4.69, 9.17) is 0 Å². The van der Waals surface area contributed by atoms with Gasteiger partial charge in [-0.25, -0.2) is 4.98 Å². The molecule has 1 unspecified atom stereocenters. The highest BCUT2D eigenvalue weighted by molar-refractivity contribution is 7.20. The number of halogens is 4. The predicted molar refractivity (Wildman–Crippen MR) is 99.2 cm³/mol. The van der Waals surface area contributed by atoms with Crippen LogP contribution < -0.4 is 10.6 Å². The number of nitrogens with zero attached hydrogens (tertiary/aromatic N) is 1. The van der Waals surface area contributed by atoms with Gasteiger partial charge in [0.2, 0.25) is 0 Å². The Morgan fingerprint density at radius 3 is 2.85 bits per heavy atom. The number of nitrogens with one attached hydrogen (secondary N) is 2. The maximum absolute atomic E-state index is 12.8. The van der Waals surface area contributed by atoms with Crippen LogP contribution in [0.5, 0.6) is 0 Å². The number of hydrogen-bond acceptors (Lipinski definition) is 4. The molecule has 1 aliphatic rings. The lowest BCUT2D eigenvalue weighted by Crippen LogP contribution is -2.33. The second kappa shape index (κ2) is 8.54. The fraction of sp³-hybridized carbons (Fsp3) is 0.529. The number of hydrogen-bond donors (Lipinski definition) is 2. The summed E-state index contributed by atoms with van der Waals surface area (Å²) in [7, 11) is 0. The summed E-state index contributed by atoms with van der Waals surface area (Å²) < 4.78 is 38.3. The van der Waals surface area contributed by atoms with Crippen molar-refractivity contribution in [2.24, 2.45) is 5.92 Å². The van der Waals surface area contributed by atoms with Gasteiger partial charge < -0.3 is 10.6 Å². The summed E-state index contributed by atoms with van der Waals surface area (Å²) in [5.74, 6) is 0.325. The maximum atomic E-state index is 12.8. The van der Waals surface area contributed by atoms with E-state index in [-0.39, 0.29) is 23.1 Å². The average molecular weight is 408 g/mol. The Bertz CT molecular complexity index is 772. The van der Waals surface area contributed by atoms with Crippen LogP contribution in [0.2, 0.25) is 0 Å². The molecule has 2 N–H and O–H groups in total. The first-order valence-electron chi connectivity index (χ1n) is 8.32. The van der Waals surface area contributed by atoms with Crippen LogP contribution in [0, 0.1) is 12.8 Å². The summed E-state index contributed by atoms with van der Waals surface area (Å²) in [6.07, 6.45) is -1.27. The number of rotatable bonds is 4. The van der Waals surface area contributed by atoms with Gasteiger partial charge in [-0.05, 0) is 62.9 Å². The summed E-state index contributed by atoms with van der Waals surface area (Å²) >= 11 is 1.01. The van der Waals surface area contributed by atoms with Crippen molar-refractivity contribution < 1.29 is 18.0 Å². The molecule has 1 atom stereocenters. The van der Waals surface area contributed by atoms with Gasteiger partial charge in [0.05, 0.1) is 4.88 Å². The highest BCUT2D eigenvalue weighted by atomic mass is 35.5. The molecule has 3 rings (SSSR count). The third kappa shape index (κ3) is 4.66. The molecule has 9 heteroatoms. The minimum Gasteiger partial charge on any atom is -0.351 e. The zero-order valence-corrected chi connectivity index (χ0v) is 15.9. The van der Waals surface area contributed by atoms with Gasteiger partial charge >= 0.3 is 6.18 Å². The zero-order valence-electron chi connectivity index (χ0n) is 14.3. The SMILES string of the molecule is Cc1c(C(=O)NCCC2CCCNC2)sc2nc(C(F)(F)F)ccc12.Cl. The molecule has 2 aromatic rings. The normalized spacial score (nSPS) is 17.8. The predicted octanol–water partition coefficient (Wildman–Crippen LogP) is 4.16. The van der Waals surface area contributed by atoms with E-state index in [0.717, 1.165) is 49.8 Å². The molecular weight excluding hydrogens is 387 g/mol. The van der Waals surface area contributed by atoms with Crippen molar-refractivity contribution >= 4 is 39.9 Å². The fourth-order valence-electron chi connectivity index (χ4n) is 3.11. The average Bonchev–Trinajstić information content (AvgIpc) is 2.91. The molecule has 1 aliphatic heterocycles. The third-order valence-corrected chi connectivity index (χ3v) is 5.74. The molecular formula is C17H21ClF3N3OS. The number of alkyl halides is 3. The molecule has 0 aliphatic carbocycles. The Hall–Kier alpha value is -1.38. The molecule has 144 valence electrons. The van der Waals surface area contributed by atoms with Crippen LogP contribution in [0.1, 0.15) is 40.2 Å².